The highest BCUT2D eigenvalue weighted by molar-refractivity contribution is 5.98. The van der Waals surface area contributed by atoms with Crippen molar-refractivity contribution in [1.82, 2.24) is 20.1 Å². The van der Waals surface area contributed by atoms with E-state index in [0.717, 1.165) is 51.7 Å². The van der Waals surface area contributed by atoms with Crippen LogP contribution in [0.25, 0.3) is 0 Å². The van der Waals surface area contributed by atoms with E-state index in [1.807, 2.05) is 25.7 Å². The molecule has 32 heavy (non-hydrogen) atoms. The van der Waals surface area contributed by atoms with Crippen LogP contribution in [0.4, 0.5) is 10.6 Å². The molecule has 0 saturated carbocycles. The van der Waals surface area contributed by atoms with Crippen LogP contribution in [-0.2, 0) is 4.74 Å². The number of carbonyl (C=O) groups excluding carboxylic acids is 2. The molecule has 0 spiro atoms. The third kappa shape index (κ3) is 9.02. The molecule has 0 aromatic carbocycles. The summed E-state index contributed by atoms with van der Waals surface area (Å²) in [6.07, 6.45) is 9.23. The number of hydrogen-bond acceptors (Lipinski definition) is 6. The van der Waals surface area contributed by atoms with Gasteiger partial charge >= 0.3 is 6.09 Å². The molecule has 180 valence electrons. The number of nitrogens with two attached hydrogens (primary N) is 1. The van der Waals surface area contributed by atoms with Crippen LogP contribution in [0.15, 0.2) is 18.3 Å². The van der Waals surface area contributed by atoms with Gasteiger partial charge in [-0.05, 0) is 52.8 Å². The van der Waals surface area contributed by atoms with Gasteiger partial charge in [-0.1, -0.05) is 32.1 Å². The number of nitrogen functional groups attached to an aromatic ring is 1. The quantitative estimate of drug-likeness (QED) is 0.531. The van der Waals surface area contributed by atoms with Crippen molar-refractivity contribution < 1.29 is 14.3 Å². The van der Waals surface area contributed by atoms with Gasteiger partial charge in [-0.2, -0.15) is 0 Å². The van der Waals surface area contributed by atoms with Crippen LogP contribution in [0.3, 0.4) is 0 Å². The van der Waals surface area contributed by atoms with E-state index in [1.165, 1.54) is 12.8 Å². The molecule has 1 aromatic rings. The van der Waals surface area contributed by atoms with E-state index in [0.29, 0.717) is 18.2 Å². The second kappa shape index (κ2) is 12.6. The summed E-state index contributed by atoms with van der Waals surface area (Å²) in [5.41, 5.74) is 5.71. The Morgan fingerprint density at radius 1 is 1.16 bits per heavy atom. The highest BCUT2D eigenvalue weighted by atomic mass is 16.6. The van der Waals surface area contributed by atoms with Crippen molar-refractivity contribution in [1.29, 1.82) is 0 Å². The first-order chi connectivity index (χ1) is 15.2. The van der Waals surface area contributed by atoms with Gasteiger partial charge < -0.3 is 20.7 Å². The monoisotopic (exact) mass is 447 g/mol. The van der Waals surface area contributed by atoms with Gasteiger partial charge in [0.25, 0.3) is 5.91 Å². The number of nitrogens with zero attached hydrogens (tertiary/aromatic N) is 3. The first-order valence-electron chi connectivity index (χ1n) is 11.8. The maximum absolute atomic E-state index is 12.4. The molecule has 2 amide bonds. The molecule has 2 rings (SSSR count). The number of anilines is 1. The zero-order valence-corrected chi connectivity index (χ0v) is 20.2. The number of carbonyl (C=O) groups is 2. The second-order valence-electron chi connectivity index (χ2n) is 9.66. The molecule has 8 heteroatoms. The smallest absolute Gasteiger partial charge is 0.410 e. The lowest BCUT2D eigenvalue weighted by atomic mass is 10.0. The van der Waals surface area contributed by atoms with E-state index >= 15 is 0 Å². The Morgan fingerprint density at radius 2 is 1.84 bits per heavy atom. The van der Waals surface area contributed by atoms with Gasteiger partial charge in [-0.25, -0.2) is 9.78 Å². The van der Waals surface area contributed by atoms with Crippen molar-refractivity contribution in [3.8, 4) is 0 Å². The van der Waals surface area contributed by atoms with E-state index in [9.17, 15) is 9.59 Å². The van der Waals surface area contributed by atoms with Crippen LogP contribution in [0.2, 0.25) is 0 Å². The number of pyridine rings is 1. The number of amides is 2. The zero-order valence-electron chi connectivity index (χ0n) is 20.2. The molecule has 1 aromatic heterocycles. The Labute approximate surface area is 192 Å². The number of unbranched alkanes of at least 4 members (excludes halogenated alkanes) is 5. The maximum Gasteiger partial charge on any atom is 0.410 e. The van der Waals surface area contributed by atoms with Crippen molar-refractivity contribution >= 4 is 17.8 Å². The molecular formula is C24H41N5O3. The highest BCUT2D eigenvalue weighted by Crippen LogP contribution is 2.18. The van der Waals surface area contributed by atoms with Crippen LogP contribution in [0, 0.1) is 0 Å². The summed E-state index contributed by atoms with van der Waals surface area (Å²) in [5, 5.41) is 2.91. The molecule has 8 nitrogen and oxygen atoms in total. The molecule has 1 aliphatic heterocycles. The number of hydrogen-bond donors (Lipinski definition) is 2. The SMILES string of the molecule is CN1CCN(C(=O)OC(C)(C)C)CC1CCCCCCCCNC(=O)c1cccnc1N. The van der Waals surface area contributed by atoms with Crippen molar-refractivity contribution in [2.45, 2.75) is 77.4 Å². The van der Waals surface area contributed by atoms with Crippen molar-refractivity contribution in [3.63, 3.8) is 0 Å². The van der Waals surface area contributed by atoms with Gasteiger partial charge in [0.2, 0.25) is 0 Å². The lowest BCUT2D eigenvalue weighted by Crippen LogP contribution is -2.54. The number of likely N-dealkylation sites (N-methyl/N-ethyl adjacent to an activating group) is 1. The van der Waals surface area contributed by atoms with Gasteiger partial charge in [0.05, 0.1) is 5.56 Å². The van der Waals surface area contributed by atoms with Crippen LogP contribution >= 0.6 is 0 Å². The lowest BCUT2D eigenvalue weighted by Gasteiger charge is -2.40. The van der Waals surface area contributed by atoms with Gasteiger partial charge in [-0.3, -0.25) is 9.69 Å². The Morgan fingerprint density at radius 3 is 2.53 bits per heavy atom. The minimum Gasteiger partial charge on any atom is -0.444 e. The average molecular weight is 448 g/mol. The molecule has 1 atom stereocenters. The summed E-state index contributed by atoms with van der Waals surface area (Å²) in [6.45, 7) is 8.73. The first-order valence-corrected chi connectivity index (χ1v) is 11.8. The second-order valence-corrected chi connectivity index (χ2v) is 9.66. The van der Waals surface area contributed by atoms with E-state index < -0.39 is 5.60 Å². The van der Waals surface area contributed by atoms with Gasteiger partial charge in [0.15, 0.2) is 0 Å². The summed E-state index contributed by atoms with van der Waals surface area (Å²) in [7, 11) is 2.14. The average Bonchev–Trinajstić information content (AvgIpc) is 2.72. The molecule has 3 N–H and O–H groups in total. The van der Waals surface area contributed by atoms with Crippen molar-refractivity contribution in [2.24, 2.45) is 0 Å². The maximum atomic E-state index is 12.4. The van der Waals surface area contributed by atoms with E-state index in [2.05, 4.69) is 22.2 Å². The lowest BCUT2D eigenvalue weighted by molar-refractivity contribution is 0.00654. The molecule has 1 fully saturated rings. The van der Waals surface area contributed by atoms with Crippen LogP contribution in [0.5, 0.6) is 0 Å². The predicted molar refractivity (Wildman–Crippen MR) is 128 cm³/mol. The summed E-state index contributed by atoms with van der Waals surface area (Å²) >= 11 is 0. The number of rotatable bonds is 10. The predicted octanol–water partition coefficient (Wildman–Crippen LogP) is 3.68. The fourth-order valence-electron chi connectivity index (χ4n) is 3.87. The molecule has 0 aliphatic carbocycles. The molecular weight excluding hydrogens is 406 g/mol. The van der Waals surface area contributed by atoms with Gasteiger partial charge in [-0.15, -0.1) is 0 Å². The first kappa shape index (κ1) is 25.9. The fraction of sp³-hybridized carbons (Fsp3) is 0.708. The number of piperazine rings is 1. The van der Waals surface area contributed by atoms with Crippen LogP contribution in [-0.4, -0.2) is 71.7 Å². The topological polar surface area (TPSA) is 101 Å². The number of ether oxygens (including phenoxy) is 1. The number of aromatic nitrogens is 1. The van der Waals surface area contributed by atoms with E-state index in [-0.39, 0.29) is 17.8 Å². The third-order valence-electron chi connectivity index (χ3n) is 5.76. The van der Waals surface area contributed by atoms with Crippen molar-refractivity contribution in [3.05, 3.63) is 23.9 Å². The summed E-state index contributed by atoms with van der Waals surface area (Å²) in [6, 6.07) is 3.80. The minimum absolute atomic E-state index is 0.160. The Kier molecular flexibility index (Phi) is 10.2. The molecule has 1 unspecified atom stereocenters. The Bertz CT molecular complexity index is 735. The Hall–Kier alpha value is -2.35. The van der Waals surface area contributed by atoms with Crippen molar-refractivity contribution in [2.75, 3.05) is 39.0 Å². The molecule has 1 saturated heterocycles. The summed E-state index contributed by atoms with van der Waals surface area (Å²) in [5.74, 6) is 0.107. The highest BCUT2D eigenvalue weighted by Gasteiger charge is 2.29. The van der Waals surface area contributed by atoms with E-state index in [4.69, 9.17) is 10.5 Å². The van der Waals surface area contributed by atoms with Gasteiger partial charge in [0.1, 0.15) is 11.4 Å². The molecule has 0 radical (unpaired) electrons. The molecule has 0 bridgehead atoms. The largest absolute Gasteiger partial charge is 0.444 e. The van der Waals surface area contributed by atoms with E-state index in [1.54, 1.807) is 18.3 Å². The normalized spacial score (nSPS) is 17.2. The summed E-state index contributed by atoms with van der Waals surface area (Å²) in [4.78, 5) is 32.6. The standard InChI is InChI=1S/C24H41N5O3/c1-24(2,3)32-23(31)29-17-16-28(4)19(18-29)12-9-7-5-6-8-10-14-27-22(30)20-13-11-15-26-21(20)25/h11,13,15,19H,5-10,12,14,16-18H2,1-4H3,(H2,25,26)(H,27,30). The van der Waals surface area contributed by atoms with Crippen LogP contribution in [0.1, 0.15) is 76.1 Å². The van der Waals surface area contributed by atoms with Gasteiger partial charge in [0, 0.05) is 38.4 Å². The van der Waals surface area contributed by atoms with Crippen LogP contribution < -0.4 is 11.1 Å². The Balaban J connectivity index is 1.54. The third-order valence-corrected chi connectivity index (χ3v) is 5.76. The summed E-state index contributed by atoms with van der Waals surface area (Å²) < 4.78 is 5.53. The zero-order chi connectivity index (χ0) is 23.6. The fourth-order valence-corrected chi connectivity index (χ4v) is 3.87. The minimum atomic E-state index is -0.454. The molecule has 1 aliphatic rings. The molecule has 2 heterocycles. The number of nitrogens with one attached hydrogen (secondary N) is 1.